The van der Waals surface area contributed by atoms with Crippen molar-refractivity contribution in [1.29, 1.82) is 0 Å². The van der Waals surface area contributed by atoms with E-state index in [4.69, 9.17) is 4.74 Å². The number of rotatable bonds is 8. The first kappa shape index (κ1) is 20.1. The smallest absolute Gasteiger partial charge is 0.264 e. The van der Waals surface area contributed by atoms with Gasteiger partial charge in [0.05, 0.1) is 17.8 Å². The van der Waals surface area contributed by atoms with E-state index in [1.807, 2.05) is 49.0 Å². The zero-order valence-corrected chi connectivity index (χ0v) is 17.5. The SMILES string of the molecule is CCCCc1nc(C)c(C(=O)NC(c2cccc(OC)c2)c2nccn2C)s1. The van der Waals surface area contributed by atoms with E-state index in [2.05, 4.69) is 22.2 Å². The molecule has 0 aliphatic rings. The number of nitrogens with one attached hydrogen (secondary N) is 1. The van der Waals surface area contributed by atoms with E-state index in [-0.39, 0.29) is 11.9 Å². The Kier molecular flexibility index (Phi) is 6.46. The number of unbranched alkanes of at least 4 members (excludes halogenated alkanes) is 1. The molecule has 0 radical (unpaired) electrons. The van der Waals surface area contributed by atoms with Crippen molar-refractivity contribution in [3.05, 3.63) is 63.6 Å². The number of nitrogens with zero attached hydrogens (tertiary/aromatic N) is 3. The number of thiazole rings is 1. The zero-order valence-electron chi connectivity index (χ0n) is 16.7. The zero-order chi connectivity index (χ0) is 20.1. The molecule has 1 atom stereocenters. The minimum Gasteiger partial charge on any atom is -0.497 e. The molecule has 2 aromatic heterocycles. The monoisotopic (exact) mass is 398 g/mol. The summed E-state index contributed by atoms with van der Waals surface area (Å²) in [6.07, 6.45) is 6.70. The van der Waals surface area contributed by atoms with Crippen LogP contribution in [-0.2, 0) is 13.5 Å². The minimum absolute atomic E-state index is 0.131. The van der Waals surface area contributed by atoms with Gasteiger partial charge in [-0.25, -0.2) is 9.97 Å². The van der Waals surface area contributed by atoms with Gasteiger partial charge in [0.2, 0.25) is 0 Å². The standard InChI is InChI=1S/C21H26N4O2S/c1-5-6-10-17-23-14(2)19(28-17)21(26)24-18(20-22-11-12-25(20)3)15-8-7-9-16(13-15)27-4/h7-9,11-13,18H,5-6,10H2,1-4H3,(H,24,26). The molecule has 0 bridgehead atoms. The number of benzene rings is 1. The lowest BCUT2D eigenvalue weighted by atomic mass is 10.1. The second-order valence-electron chi connectivity index (χ2n) is 6.71. The molecule has 28 heavy (non-hydrogen) atoms. The third-order valence-corrected chi connectivity index (χ3v) is 5.83. The van der Waals surface area contributed by atoms with Crippen LogP contribution in [0.5, 0.6) is 5.75 Å². The molecule has 0 fully saturated rings. The molecule has 0 aliphatic carbocycles. The first-order valence-corrected chi connectivity index (χ1v) is 10.2. The number of methoxy groups -OCH3 is 1. The molecule has 1 amide bonds. The summed E-state index contributed by atoms with van der Waals surface area (Å²) in [7, 11) is 3.55. The quantitative estimate of drug-likeness (QED) is 0.621. The van der Waals surface area contributed by atoms with E-state index in [0.29, 0.717) is 4.88 Å². The van der Waals surface area contributed by atoms with Crippen LogP contribution in [0.1, 0.15) is 57.6 Å². The summed E-state index contributed by atoms with van der Waals surface area (Å²) >= 11 is 1.48. The van der Waals surface area contributed by atoms with E-state index in [1.165, 1.54) is 11.3 Å². The van der Waals surface area contributed by atoms with Gasteiger partial charge in [0.15, 0.2) is 0 Å². The molecular formula is C21H26N4O2S. The number of carbonyl (C=O) groups is 1. The second kappa shape index (κ2) is 9.01. The van der Waals surface area contributed by atoms with Gasteiger partial charge in [0.25, 0.3) is 5.91 Å². The van der Waals surface area contributed by atoms with Crippen LogP contribution in [-0.4, -0.2) is 27.6 Å². The van der Waals surface area contributed by atoms with Crippen molar-refractivity contribution in [2.24, 2.45) is 7.05 Å². The average molecular weight is 399 g/mol. The predicted octanol–water partition coefficient (Wildman–Crippen LogP) is 4.06. The number of imidazole rings is 1. The summed E-state index contributed by atoms with van der Waals surface area (Å²) in [5, 5.41) is 4.16. The van der Waals surface area contributed by atoms with Crippen LogP contribution in [0.3, 0.4) is 0 Å². The maximum atomic E-state index is 13.1. The van der Waals surface area contributed by atoms with Gasteiger partial charge in [-0.05, 0) is 37.5 Å². The number of amides is 1. The van der Waals surface area contributed by atoms with Gasteiger partial charge < -0.3 is 14.6 Å². The molecule has 7 heteroatoms. The van der Waals surface area contributed by atoms with Crippen molar-refractivity contribution in [2.75, 3.05) is 7.11 Å². The maximum absolute atomic E-state index is 13.1. The van der Waals surface area contributed by atoms with Crippen LogP contribution >= 0.6 is 11.3 Å². The van der Waals surface area contributed by atoms with Crippen molar-refractivity contribution in [1.82, 2.24) is 19.9 Å². The predicted molar refractivity (Wildman–Crippen MR) is 111 cm³/mol. The molecule has 3 aromatic rings. The van der Waals surface area contributed by atoms with Crippen LogP contribution in [0.4, 0.5) is 0 Å². The van der Waals surface area contributed by atoms with E-state index in [1.54, 1.807) is 13.3 Å². The van der Waals surface area contributed by atoms with Gasteiger partial charge in [-0.3, -0.25) is 4.79 Å². The second-order valence-corrected chi connectivity index (χ2v) is 7.79. The number of ether oxygens (including phenoxy) is 1. The van der Waals surface area contributed by atoms with E-state index in [9.17, 15) is 4.79 Å². The molecule has 1 N–H and O–H groups in total. The average Bonchev–Trinajstić information content (AvgIpc) is 3.29. The van der Waals surface area contributed by atoms with Crippen molar-refractivity contribution in [3.8, 4) is 5.75 Å². The first-order chi connectivity index (χ1) is 13.5. The van der Waals surface area contributed by atoms with Crippen LogP contribution < -0.4 is 10.1 Å². The molecule has 148 valence electrons. The normalized spacial score (nSPS) is 12.0. The van der Waals surface area contributed by atoms with Crippen molar-refractivity contribution >= 4 is 17.2 Å². The molecule has 6 nitrogen and oxygen atoms in total. The molecule has 1 unspecified atom stereocenters. The topological polar surface area (TPSA) is 69.0 Å². The Morgan fingerprint density at radius 1 is 1.39 bits per heavy atom. The lowest BCUT2D eigenvalue weighted by molar-refractivity contribution is 0.0944. The fraction of sp³-hybridized carbons (Fsp3) is 0.381. The molecule has 1 aromatic carbocycles. The number of hydrogen-bond donors (Lipinski definition) is 1. The number of aryl methyl sites for hydroxylation is 3. The van der Waals surface area contributed by atoms with Gasteiger partial charge in [-0.15, -0.1) is 11.3 Å². The fourth-order valence-electron chi connectivity index (χ4n) is 3.07. The summed E-state index contributed by atoms with van der Waals surface area (Å²) in [6, 6.07) is 7.30. The summed E-state index contributed by atoms with van der Waals surface area (Å²) < 4.78 is 7.27. The third kappa shape index (κ3) is 4.42. The Morgan fingerprint density at radius 3 is 2.89 bits per heavy atom. The van der Waals surface area contributed by atoms with Gasteiger partial charge >= 0.3 is 0 Å². The molecule has 2 heterocycles. The molecule has 0 aliphatic heterocycles. The van der Waals surface area contributed by atoms with Gasteiger partial charge in [0.1, 0.15) is 22.5 Å². The van der Waals surface area contributed by atoms with Crippen molar-refractivity contribution < 1.29 is 9.53 Å². The highest BCUT2D eigenvalue weighted by atomic mass is 32.1. The van der Waals surface area contributed by atoms with Crippen LogP contribution in [0.15, 0.2) is 36.7 Å². The van der Waals surface area contributed by atoms with Crippen molar-refractivity contribution in [2.45, 2.75) is 39.2 Å². The lowest BCUT2D eigenvalue weighted by Crippen LogP contribution is -2.31. The number of aromatic nitrogens is 3. The number of carbonyl (C=O) groups excluding carboxylic acids is 1. The van der Waals surface area contributed by atoms with Gasteiger partial charge in [-0.1, -0.05) is 25.5 Å². The first-order valence-electron chi connectivity index (χ1n) is 9.41. The van der Waals surface area contributed by atoms with E-state index < -0.39 is 0 Å². The summed E-state index contributed by atoms with van der Waals surface area (Å²) in [6.45, 7) is 4.04. The molecule has 0 spiro atoms. The Balaban J connectivity index is 1.90. The highest BCUT2D eigenvalue weighted by Gasteiger charge is 2.24. The Morgan fingerprint density at radius 2 is 2.21 bits per heavy atom. The molecular weight excluding hydrogens is 372 g/mol. The minimum atomic E-state index is -0.386. The van der Waals surface area contributed by atoms with E-state index in [0.717, 1.165) is 47.1 Å². The lowest BCUT2D eigenvalue weighted by Gasteiger charge is -2.19. The van der Waals surface area contributed by atoms with Gasteiger partial charge in [0, 0.05) is 19.4 Å². The van der Waals surface area contributed by atoms with Crippen LogP contribution in [0.2, 0.25) is 0 Å². The van der Waals surface area contributed by atoms with Crippen molar-refractivity contribution in [3.63, 3.8) is 0 Å². The van der Waals surface area contributed by atoms with Crippen LogP contribution in [0.25, 0.3) is 0 Å². The maximum Gasteiger partial charge on any atom is 0.264 e. The largest absolute Gasteiger partial charge is 0.497 e. The third-order valence-electron chi connectivity index (χ3n) is 4.61. The Labute approximate surface area is 169 Å². The highest BCUT2D eigenvalue weighted by molar-refractivity contribution is 7.13. The Bertz CT molecular complexity index is 948. The molecule has 3 rings (SSSR count). The highest BCUT2D eigenvalue weighted by Crippen LogP contribution is 2.26. The van der Waals surface area contributed by atoms with E-state index >= 15 is 0 Å². The Hall–Kier alpha value is -2.67. The molecule has 0 saturated heterocycles. The van der Waals surface area contributed by atoms with Crippen LogP contribution in [0, 0.1) is 6.92 Å². The summed E-state index contributed by atoms with van der Waals surface area (Å²) in [4.78, 5) is 22.8. The fourth-order valence-corrected chi connectivity index (χ4v) is 4.08. The summed E-state index contributed by atoms with van der Waals surface area (Å²) in [5.41, 5.74) is 1.69. The molecule has 0 saturated carbocycles. The summed E-state index contributed by atoms with van der Waals surface area (Å²) in [5.74, 6) is 1.37. The number of hydrogen-bond acceptors (Lipinski definition) is 5. The van der Waals surface area contributed by atoms with Gasteiger partial charge in [-0.2, -0.15) is 0 Å².